The number of ketones is 1. The van der Waals surface area contributed by atoms with E-state index in [2.05, 4.69) is 0 Å². The Bertz CT molecular complexity index is 172. The number of hydrogen-bond acceptors (Lipinski definition) is 3. The van der Waals surface area contributed by atoms with Gasteiger partial charge >= 0.3 is 10.4 Å². The average molecular weight is 170 g/mol. The van der Waals surface area contributed by atoms with Crippen LogP contribution in [0.3, 0.4) is 0 Å². The van der Waals surface area contributed by atoms with Crippen LogP contribution in [0.15, 0.2) is 0 Å². The Kier molecular flexibility index (Phi) is 6.53. The molecule has 0 fully saturated rings. The molecule has 0 aromatic carbocycles. The molecule has 0 atom stereocenters. The lowest BCUT2D eigenvalue weighted by Crippen LogP contribution is -1.89. The molecule has 0 radical (unpaired) electrons. The highest BCUT2D eigenvalue weighted by molar-refractivity contribution is 7.79. The van der Waals surface area contributed by atoms with Crippen LogP contribution in [0.2, 0.25) is 0 Å². The lowest BCUT2D eigenvalue weighted by atomic mass is 10.4. The fourth-order valence-corrected chi connectivity index (χ4v) is 0. The Labute approximate surface area is 59.6 Å². The summed E-state index contributed by atoms with van der Waals surface area (Å²) in [7, 11) is -4.67. The molecule has 0 bridgehead atoms. The highest BCUT2D eigenvalue weighted by Crippen LogP contribution is 1.71. The van der Waals surface area contributed by atoms with Gasteiger partial charge in [0.25, 0.3) is 0 Å². The van der Waals surface area contributed by atoms with Crippen molar-refractivity contribution in [3.8, 4) is 0 Å². The summed E-state index contributed by atoms with van der Waals surface area (Å²) in [5.41, 5.74) is 0. The van der Waals surface area contributed by atoms with Crippen LogP contribution in [0.5, 0.6) is 0 Å². The number of carbonyl (C=O) groups is 1. The zero-order valence-corrected chi connectivity index (χ0v) is 6.55. The fraction of sp³-hybridized carbons (Fsp3) is 0.750. The van der Waals surface area contributed by atoms with E-state index in [4.69, 9.17) is 17.5 Å². The number of Topliss-reactive ketones (excluding diaryl/α,β-unsaturated/α-hetero) is 1. The summed E-state index contributed by atoms with van der Waals surface area (Å²) in [6.45, 7) is 3.43. The molecule has 0 unspecified atom stereocenters. The molecule has 0 aliphatic heterocycles. The molecular weight excluding hydrogens is 160 g/mol. The van der Waals surface area contributed by atoms with Crippen LogP contribution in [0.4, 0.5) is 0 Å². The van der Waals surface area contributed by atoms with Gasteiger partial charge in [0.05, 0.1) is 0 Å². The van der Waals surface area contributed by atoms with E-state index >= 15 is 0 Å². The van der Waals surface area contributed by atoms with Gasteiger partial charge in [0.1, 0.15) is 5.78 Å². The van der Waals surface area contributed by atoms with E-state index in [0.717, 1.165) is 0 Å². The van der Waals surface area contributed by atoms with Crippen LogP contribution in [0, 0.1) is 0 Å². The first-order valence-corrected chi connectivity index (χ1v) is 3.86. The minimum Gasteiger partial charge on any atom is -0.300 e. The molecule has 0 saturated carbocycles. The molecule has 0 aromatic heterocycles. The SMILES string of the molecule is CCC(C)=O.O=S(=O)(O)O. The maximum atomic E-state index is 9.81. The topological polar surface area (TPSA) is 91.7 Å². The van der Waals surface area contributed by atoms with Gasteiger partial charge in [-0.05, 0) is 6.92 Å². The molecule has 6 heteroatoms. The van der Waals surface area contributed by atoms with Crippen LogP contribution < -0.4 is 0 Å². The number of hydrogen-bond donors (Lipinski definition) is 2. The summed E-state index contributed by atoms with van der Waals surface area (Å²) < 4.78 is 31.6. The summed E-state index contributed by atoms with van der Waals surface area (Å²) in [6, 6.07) is 0. The largest absolute Gasteiger partial charge is 0.394 e. The van der Waals surface area contributed by atoms with Gasteiger partial charge in [-0.3, -0.25) is 9.11 Å². The molecule has 62 valence electrons. The molecule has 0 rings (SSSR count). The maximum absolute atomic E-state index is 9.81. The minimum absolute atomic E-state index is 0.255. The van der Waals surface area contributed by atoms with E-state index in [9.17, 15) is 4.79 Å². The van der Waals surface area contributed by atoms with E-state index in [-0.39, 0.29) is 5.78 Å². The molecule has 5 nitrogen and oxygen atoms in total. The summed E-state index contributed by atoms with van der Waals surface area (Å²) in [4.78, 5) is 9.81. The Hall–Kier alpha value is -0.460. The third-order valence-electron chi connectivity index (χ3n) is 0.498. The first-order valence-electron chi connectivity index (χ1n) is 2.46. The third-order valence-corrected chi connectivity index (χ3v) is 0.498. The molecule has 2 N–H and O–H groups in total. The summed E-state index contributed by atoms with van der Waals surface area (Å²) in [5, 5.41) is 0. The van der Waals surface area contributed by atoms with Gasteiger partial charge in [-0.2, -0.15) is 8.42 Å². The predicted octanol–water partition coefficient (Wildman–Crippen LogP) is 0.333. The quantitative estimate of drug-likeness (QED) is 0.553. The maximum Gasteiger partial charge on any atom is 0.394 e. The van der Waals surface area contributed by atoms with Gasteiger partial charge in [0.15, 0.2) is 0 Å². The third kappa shape index (κ3) is 136. The van der Waals surface area contributed by atoms with Gasteiger partial charge in [-0.15, -0.1) is 0 Å². The van der Waals surface area contributed by atoms with E-state index in [1.807, 2.05) is 6.92 Å². The smallest absolute Gasteiger partial charge is 0.300 e. The van der Waals surface area contributed by atoms with Crippen LogP contribution >= 0.6 is 0 Å². The molecule has 0 spiro atoms. The second-order valence-corrected chi connectivity index (χ2v) is 2.40. The van der Waals surface area contributed by atoms with E-state index < -0.39 is 10.4 Å². The van der Waals surface area contributed by atoms with Crippen molar-refractivity contribution in [1.29, 1.82) is 0 Å². The summed E-state index contributed by atoms with van der Waals surface area (Å²) >= 11 is 0. The molecule has 0 amide bonds. The van der Waals surface area contributed by atoms with Gasteiger partial charge < -0.3 is 4.79 Å². The van der Waals surface area contributed by atoms with Crippen LogP contribution in [-0.2, 0) is 15.2 Å². The second-order valence-electron chi connectivity index (χ2n) is 1.50. The molecule has 10 heavy (non-hydrogen) atoms. The normalized spacial score (nSPS) is 9.60. The van der Waals surface area contributed by atoms with Crippen LogP contribution in [0.25, 0.3) is 0 Å². The first-order chi connectivity index (χ1) is 4.27. The van der Waals surface area contributed by atoms with Gasteiger partial charge in [0, 0.05) is 6.42 Å². The highest BCUT2D eigenvalue weighted by Gasteiger charge is 1.84. The summed E-state index contributed by atoms with van der Waals surface area (Å²) in [5.74, 6) is 0.255. The van der Waals surface area contributed by atoms with Crippen molar-refractivity contribution < 1.29 is 22.3 Å². The van der Waals surface area contributed by atoms with Crippen molar-refractivity contribution in [2.45, 2.75) is 20.3 Å². The lowest BCUT2D eigenvalue weighted by molar-refractivity contribution is -0.116. The molecule has 0 heterocycles. The van der Waals surface area contributed by atoms with Crippen molar-refractivity contribution in [3.05, 3.63) is 0 Å². The van der Waals surface area contributed by atoms with Crippen molar-refractivity contribution in [3.63, 3.8) is 0 Å². The average Bonchev–Trinajstić information content (AvgIpc) is 1.61. The molecule has 0 saturated heterocycles. The zero-order chi connectivity index (χ0) is 8.78. The monoisotopic (exact) mass is 170 g/mol. The molecule has 0 aromatic rings. The zero-order valence-electron chi connectivity index (χ0n) is 5.73. The molecule has 0 aliphatic rings. The van der Waals surface area contributed by atoms with E-state index in [0.29, 0.717) is 6.42 Å². The second kappa shape index (κ2) is 5.33. The standard InChI is InChI=1S/C4H8O.H2O4S/c1-3-4(2)5;1-5(2,3)4/h3H2,1-2H3;(H2,1,2,3,4). The number of carbonyl (C=O) groups excluding carboxylic acids is 1. The summed E-state index contributed by atoms with van der Waals surface area (Å²) in [6.07, 6.45) is 0.667. The van der Waals surface area contributed by atoms with Crippen molar-refractivity contribution >= 4 is 16.2 Å². The van der Waals surface area contributed by atoms with Crippen molar-refractivity contribution in [1.82, 2.24) is 0 Å². The van der Waals surface area contributed by atoms with E-state index in [1.165, 1.54) is 0 Å². The lowest BCUT2D eigenvalue weighted by Gasteiger charge is -1.71. The van der Waals surface area contributed by atoms with Crippen LogP contribution in [-0.4, -0.2) is 23.3 Å². The van der Waals surface area contributed by atoms with Gasteiger partial charge in [0.2, 0.25) is 0 Å². The van der Waals surface area contributed by atoms with Crippen molar-refractivity contribution in [2.75, 3.05) is 0 Å². The molecular formula is C4H10O5S. The first kappa shape index (κ1) is 12.2. The highest BCUT2D eigenvalue weighted by atomic mass is 32.3. The fourth-order valence-electron chi connectivity index (χ4n) is 0. The van der Waals surface area contributed by atoms with Crippen LogP contribution in [0.1, 0.15) is 20.3 Å². The van der Waals surface area contributed by atoms with Gasteiger partial charge in [-0.25, -0.2) is 0 Å². The Morgan fingerprint density at radius 3 is 1.50 bits per heavy atom. The Balaban J connectivity index is 0. The molecule has 0 aliphatic carbocycles. The van der Waals surface area contributed by atoms with Gasteiger partial charge in [-0.1, -0.05) is 6.92 Å². The predicted molar refractivity (Wildman–Crippen MR) is 35.1 cm³/mol. The Morgan fingerprint density at radius 1 is 1.40 bits per heavy atom. The minimum atomic E-state index is -4.67. The van der Waals surface area contributed by atoms with E-state index in [1.54, 1.807) is 6.92 Å². The number of rotatable bonds is 1. The van der Waals surface area contributed by atoms with Crippen molar-refractivity contribution in [2.24, 2.45) is 0 Å². The Morgan fingerprint density at radius 2 is 1.50 bits per heavy atom.